The van der Waals surface area contributed by atoms with Gasteiger partial charge in [-0.2, -0.15) is 4.99 Å². The number of thiocarbonyl (C=S) groups is 1. The van der Waals surface area contributed by atoms with Gasteiger partial charge in [0.1, 0.15) is 5.69 Å². The predicted octanol–water partition coefficient (Wildman–Crippen LogP) is 2.26. The number of anilines is 1. The number of aromatic nitrogens is 2. The van der Waals surface area contributed by atoms with Gasteiger partial charge in [0.15, 0.2) is 10.9 Å². The van der Waals surface area contributed by atoms with Crippen LogP contribution in [0.25, 0.3) is 0 Å². The lowest BCUT2D eigenvalue weighted by atomic mass is 10.3. The minimum absolute atomic E-state index is 0.0397. The highest BCUT2D eigenvalue weighted by molar-refractivity contribution is 7.80. The molecule has 0 atom stereocenters. The molecular weight excluding hydrogens is 326 g/mol. The first kappa shape index (κ1) is 16.1. The van der Waals surface area contributed by atoms with Crippen molar-refractivity contribution in [2.24, 2.45) is 4.99 Å². The number of hydrogen-bond donors (Lipinski definition) is 3. The quantitative estimate of drug-likeness (QED) is 0.342. The van der Waals surface area contributed by atoms with E-state index in [2.05, 4.69) is 20.3 Å². The van der Waals surface area contributed by atoms with Crippen molar-refractivity contribution in [3.8, 4) is 5.88 Å². The van der Waals surface area contributed by atoms with Crippen LogP contribution in [0.2, 0.25) is 5.02 Å². The summed E-state index contributed by atoms with van der Waals surface area (Å²) < 4.78 is 4.96. The van der Waals surface area contributed by atoms with E-state index in [-0.39, 0.29) is 22.5 Å². The van der Waals surface area contributed by atoms with Crippen LogP contribution in [0.3, 0.4) is 0 Å². The molecule has 0 amide bonds. The van der Waals surface area contributed by atoms with Crippen LogP contribution in [-0.4, -0.2) is 33.2 Å². The number of benzene rings is 1. The van der Waals surface area contributed by atoms with Crippen LogP contribution in [-0.2, 0) is 0 Å². The summed E-state index contributed by atoms with van der Waals surface area (Å²) in [6.45, 7) is 0. The average Bonchev–Trinajstić information content (AvgIpc) is 2.55. The van der Waals surface area contributed by atoms with E-state index in [9.17, 15) is 5.21 Å². The first-order valence-corrected chi connectivity index (χ1v) is 6.82. The third-order valence-corrected chi connectivity index (χ3v) is 2.92. The molecule has 0 saturated heterocycles. The van der Waals surface area contributed by atoms with Crippen LogP contribution in [0.15, 0.2) is 41.7 Å². The van der Waals surface area contributed by atoms with E-state index in [1.54, 1.807) is 24.3 Å². The Balaban J connectivity index is 2.16. The number of nitrogens with one attached hydrogen (secondary N) is 2. The zero-order chi connectivity index (χ0) is 15.9. The highest BCUT2D eigenvalue weighted by Crippen LogP contribution is 2.13. The summed E-state index contributed by atoms with van der Waals surface area (Å²) in [7, 11) is 1.46. The summed E-state index contributed by atoms with van der Waals surface area (Å²) in [5, 5.41) is 12.8. The summed E-state index contributed by atoms with van der Waals surface area (Å²) in [4.78, 5) is 12.1. The monoisotopic (exact) mass is 337 g/mol. The number of halogens is 1. The number of aliphatic imine (C=N–C) groups is 1. The van der Waals surface area contributed by atoms with Gasteiger partial charge in [0, 0.05) is 10.7 Å². The van der Waals surface area contributed by atoms with Crippen molar-refractivity contribution in [3.63, 3.8) is 0 Å². The molecular formula is C13H12ClN5O2S. The molecule has 0 unspecified atom stereocenters. The van der Waals surface area contributed by atoms with Gasteiger partial charge in [0.25, 0.3) is 0 Å². The van der Waals surface area contributed by atoms with Crippen molar-refractivity contribution in [3.05, 3.63) is 47.4 Å². The number of rotatable bonds is 3. The Morgan fingerprint density at radius 1 is 1.32 bits per heavy atom. The van der Waals surface area contributed by atoms with E-state index >= 15 is 0 Å². The van der Waals surface area contributed by atoms with Crippen molar-refractivity contribution < 1.29 is 9.94 Å². The van der Waals surface area contributed by atoms with Crippen LogP contribution in [0.4, 0.5) is 5.69 Å². The fourth-order valence-electron chi connectivity index (χ4n) is 1.49. The largest absolute Gasteiger partial charge is 0.480 e. The first-order valence-electron chi connectivity index (χ1n) is 6.04. The van der Waals surface area contributed by atoms with E-state index in [1.807, 2.05) is 5.48 Å². The molecule has 0 aliphatic heterocycles. The summed E-state index contributed by atoms with van der Waals surface area (Å²) in [6.07, 6.45) is 2.85. The maximum atomic E-state index is 9.20. The maximum absolute atomic E-state index is 9.20. The summed E-state index contributed by atoms with van der Waals surface area (Å²) in [6, 6.07) is 6.94. The molecule has 1 aromatic heterocycles. The molecule has 0 aliphatic carbocycles. The van der Waals surface area contributed by atoms with Crippen molar-refractivity contribution in [2.75, 3.05) is 12.4 Å². The molecule has 0 bridgehead atoms. The molecule has 0 spiro atoms. The fraction of sp³-hybridized carbons (Fsp3) is 0.0769. The minimum atomic E-state index is 0.0397. The van der Waals surface area contributed by atoms with Crippen LogP contribution in [0.5, 0.6) is 5.88 Å². The second-order valence-electron chi connectivity index (χ2n) is 3.96. The standard InChI is InChI=1S/C13H12ClN5O2S/c1-21-11-7-15-6-10(17-11)12(19-20)18-13(22)16-9-4-2-8(14)3-5-9/h2-7,20H,1H3,(H2,16,18,19,22). The number of amidine groups is 1. The first-order chi connectivity index (χ1) is 10.6. The van der Waals surface area contributed by atoms with Crippen LogP contribution < -0.4 is 15.5 Å². The minimum Gasteiger partial charge on any atom is -0.480 e. The van der Waals surface area contributed by atoms with Crippen LogP contribution >= 0.6 is 23.8 Å². The van der Waals surface area contributed by atoms with Gasteiger partial charge >= 0.3 is 0 Å². The van der Waals surface area contributed by atoms with E-state index in [0.29, 0.717) is 10.7 Å². The molecule has 7 nitrogen and oxygen atoms in total. The Labute approximate surface area is 137 Å². The zero-order valence-corrected chi connectivity index (χ0v) is 13.0. The Morgan fingerprint density at radius 3 is 2.68 bits per heavy atom. The molecule has 114 valence electrons. The Hall–Kier alpha value is -2.29. The molecule has 0 fully saturated rings. The molecule has 2 rings (SSSR count). The highest BCUT2D eigenvalue weighted by atomic mass is 35.5. The second kappa shape index (κ2) is 7.64. The number of nitrogens with zero attached hydrogens (tertiary/aromatic N) is 3. The average molecular weight is 338 g/mol. The van der Waals surface area contributed by atoms with Gasteiger partial charge in [-0.15, -0.1) is 0 Å². The summed E-state index contributed by atoms with van der Waals surface area (Å²) >= 11 is 10.9. The van der Waals surface area contributed by atoms with Crippen molar-refractivity contribution in [1.82, 2.24) is 15.4 Å². The zero-order valence-electron chi connectivity index (χ0n) is 11.4. The van der Waals surface area contributed by atoms with Gasteiger partial charge in [0.2, 0.25) is 5.88 Å². The summed E-state index contributed by atoms with van der Waals surface area (Å²) in [5.41, 5.74) is 2.93. The fourth-order valence-corrected chi connectivity index (χ4v) is 1.82. The van der Waals surface area contributed by atoms with Crippen LogP contribution in [0, 0.1) is 0 Å². The van der Waals surface area contributed by atoms with E-state index in [0.717, 1.165) is 0 Å². The molecule has 3 N–H and O–H groups in total. The number of hydroxylamine groups is 1. The van der Waals surface area contributed by atoms with Crippen molar-refractivity contribution in [1.29, 1.82) is 0 Å². The molecule has 0 saturated carbocycles. The second-order valence-corrected chi connectivity index (χ2v) is 4.78. The smallest absolute Gasteiger partial charge is 0.232 e. The Morgan fingerprint density at radius 2 is 2.05 bits per heavy atom. The van der Waals surface area contributed by atoms with Gasteiger partial charge in [-0.05, 0) is 36.5 Å². The number of methoxy groups -OCH3 is 1. The lowest BCUT2D eigenvalue weighted by molar-refractivity contribution is 0.235. The van der Waals surface area contributed by atoms with Crippen LogP contribution in [0.1, 0.15) is 5.69 Å². The van der Waals surface area contributed by atoms with Gasteiger partial charge in [-0.1, -0.05) is 11.6 Å². The summed E-state index contributed by atoms with van der Waals surface area (Å²) in [5.74, 6) is 0.329. The molecule has 0 radical (unpaired) electrons. The maximum Gasteiger partial charge on any atom is 0.232 e. The van der Waals surface area contributed by atoms with Crippen molar-refractivity contribution >= 4 is 40.5 Å². The van der Waals surface area contributed by atoms with E-state index in [4.69, 9.17) is 28.6 Å². The molecule has 1 heterocycles. The Kier molecular flexibility index (Phi) is 5.59. The Bertz CT molecular complexity index is 693. The predicted molar refractivity (Wildman–Crippen MR) is 87.7 cm³/mol. The topological polar surface area (TPSA) is 91.7 Å². The number of ether oxygens (including phenoxy) is 1. The van der Waals surface area contributed by atoms with E-state index in [1.165, 1.54) is 19.5 Å². The third kappa shape index (κ3) is 4.35. The molecule has 22 heavy (non-hydrogen) atoms. The normalized spacial score (nSPS) is 11.0. The van der Waals surface area contributed by atoms with Gasteiger partial charge in [-0.3, -0.25) is 15.7 Å². The van der Waals surface area contributed by atoms with Gasteiger partial charge < -0.3 is 10.1 Å². The molecule has 1 aromatic carbocycles. The van der Waals surface area contributed by atoms with Gasteiger partial charge in [-0.25, -0.2) is 4.98 Å². The third-order valence-electron chi connectivity index (χ3n) is 2.48. The molecule has 2 aromatic rings. The molecule has 0 aliphatic rings. The van der Waals surface area contributed by atoms with Crippen molar-refractivity contribution in [2.45, 2.75) is 0 Å². The van der Waals surface area contributed by atoms with Gasteiger partial charge in [0.05, 0.1) is 19.5 Å². The lowest BCUT2D eigenvalue weighted by Gasteiger charge is -2.07. The lowest BCUT2D eigenvalue weighted by Crippen LogP contribution is -2.24. The molecule has 9 heteroatoms. The van der Waals surface area contributed by atoms with E-state index < -0.39 is 0 Å². The highest BCUT2D eigenvalue weighted by Gasteiger charge is 2.08. The number of hydrogen-bond acceptors (Lipinski definition) is 5. The SMILES string of the molecule is COc1cncc(/C(=N/C(=S)Nc2ccc(Cl)cc2)NO)n1.